The molecule has 3 aliphatic heterocycles. The van der Waals surface area contributed by atoms with Gasteiger partial charge in [-0.2, -0.15) is 0 Å². The van der Waals surface area contributed by atoms with E-state index in [-0.39, 0.29) is 5.92 Å². The Balaban J connectivity index is 1.42. The van der Waals surface area contributed by atoms with Crippen molar-refractivity contribution in [3.05, 3.63) is 59.8 Å². The molecule has 0 saturated carbocycles. The third-order valence-corrected chi connectivity index (χ3v) is 8.69. The van der Waals surface area contributed by atoms with Gasteiger partial charge in [-0.1, -0.05) is 48.5 Å². The Morgan fingerprint density at radius 1 is 1.12 bits per heavy atom. The van der Waals surface area contributed by atoms with Gasteiger partial charge in [0.15, 0.2) is 0 Å². The molecule has 5 aliphatic rings. The molecular formula is C30H43N3O. The standard InChI is InChI=1S/C30H43N3O/c1-3-17-31-20-16-27-10-7-11-28(22-31)33(27)29(26-9-6-8-23(2)21-26)24-12-14-25(15-13-24)30(34)32-18-4-5-19-32/h3,8,12-14,21,25,27-29H,1,4-7,9-11,15-20,22H2,2H3. The molecule has 0 radical (unpaired) electrons. The lowest BCUT2D eigenvalue weighted by molar-refractivity contribution is -0.132. The highest BCUT2D eigenvalue weighted by atomic mass is 16.2. The molecule has 4 atom stereocenters. The van der Waals surface area contributed by atoms with Crippen LogP contribution in [0, 0.1) is 5.92 Å². The highest BCUT2D eigenvalue weighted by Crippen LogP contribution is 2.39. The molecule has 1 amide bonds. The first-order valence-electron chi connectivity index (χ1n) is 13.8. The molecule has 0 spiro atoms. The summed E-state index contributed by atoms with van der Waals surface area (Å²) >= 11 is 0. The maximum absolute atomic E-state index is 13.0. The number of amides is 1. The van der Waals surface area contributed by atoms with Crippen molar-refractivity contribution in [1.82, 2.24) is 14.7 Å². The Labute approximate surface area is 206 Å². The monoisotopic (exact) mass is 461 g/mol. The fourth-order valence-electron chi connectivity index (χ4n) is 7.03. The van der Waals surface area contributed by atoms with E-state index < -0.39 is 0 Å². The average molecular weight is 462 g/mol. The van der Waals surface area contributed by atoms with E-state index in [4.69, 9.17) is 0 Å². The molecule has 0 N–H and O–H groups in total. The number of hydrogen-bond acceptors (Lipinski definition) is 3. The molecule has 184 valence electrons. The molecule has 2 aliphatic carbocycles. The van der Waals surface area contributed by atoms with Crippen molar-refractivity contribution in [3.63, 3.8) is 0 Å². The van der Waals surface area contributed by atoms with Gasteiger partial charge in [-0.25, -0.2) is 0 Å². The summed E-state index contributed by atoms with van der Waals surface area (Å²) in [5.41, 5.74) is 4.41. The quantitative estimate of drug-likeness (QED) is 0.505. The minimum Gasteiger partial charge on any atom is -0.342 e. The van der Waals surface area contributed by atoms with Gasteiger partial charge in [-0.3, -0.25) is 14.6 Å². The number of hydrogen-bond donors (Lipinski definition) is 0. The molecule has 0 aromatic heterocycles. The van der Waals surface area contributed by atoms with Gasteiger partial charge in [-0.15, -0.1) is 6.58 Å². The van der Waals surface area contributed by atoms with E-state index in [1.165, 1.54) is 43.4 Å². The molecule has 34 heavy (non-hydrogen) atoms. The second kappa shape index (κ2) is 10.8. The molecule has 3 saturated heterocycles. The van der Waals surface area contributed by atoms with E-state index in [0.29, 0.717) is 24.0 Å². The average Bonchev–Trinajstić information content (AvgIpc) is 3.36. The third kappa shape index (κ3) is 5.04. The number of allylic oxidation sites excluding steroid dienone is 4. The van der Waals surface area contributed by atoms with Crippen LogP contribution in [0.15, 0.2) is 59.8 Å². The topological polar surface area (TPSA) is 26.8 Å². The molecule has 4 heteroatoms. The van der Waals surface area contributed by atoms with Crippen LogP contribution < -0.4 is 0 Å². The van der Waals surface area contributed by atoms with Gasteiger partial charge in [-0.05, 0) is 69.4 Å². The lowest BCUT2D eigenvalue weighted by Gasteiger charge is -2.47. The van der Waals surface area contributed by atoms with Crippen molar-refractivity contribution in [2.75, 3.05) is 32.7 Å². The zero-order valence-electron chi connectivity index (χ0n) is 21.1. The molecule has 2 bridgehead atoms. The van der Waals surface area contributed by atoms with Crippen molar-refractivity contribution in [2.24, 2.45) is 5.92 Å². The lowest BCUT2D eigenvalue weighted by atomic mass is 9.81. The molecule has 4 unspecified atom stereocenters. The van der Waals surface area contributed by atoms with E-state index in [1.807, 2.05) is 0 Å². The van der Waals surface area contributed by atoms with Crippen molar-refractivity contribution in [2.45, 2.75) is 82.8 Å². The van der Waals surface area contributed by atoms with Crippen molar-refractivity contribution in [1.29, 1.82) is 0 Å². The highest BCUT2D eigenvalue weighted by Gasteiger charge is 2.41. The summed E-state index contributed by atoms with van der Waals surface area (Å²) in [6.07, 6.45) is 24.5. The lowest BCUT2D eigenvalue weighted by Crippen LogP contribution is -2.54. The van der Waals surface area contributed by atoms with E-state index in [2.05, 4.69) is 64.7 Å². The molecule has 3 heterocycles. The van der Waals surface area contributed by atoms with Crippen LogP contribution in [0.5, 0.6) is 0 Å². The van der Waals surface area contributed by atoms with Crippen LogP contribution in [-0.2, 0) is 4.79 Å². The van der Waals surface area contributed by atoms with E-state index in [9.17, 15) is 4.79 Å². The fourth-order valence-corrected chi connectivity index (χ4v) is 7.03. The number of likely N-dealkylation sites (tertiary alicyclic amines) is 1. The number of nitrogens with zero attached hydrogens (tertiary/aromatic N) is 3. The van der Waals surface area contributed by atoms with Crippen LogP contribution in [0.25, 0.3) is 0 Å². The van der Waals surface area contributed by atoms with Gasteiger partial charge in [0.05, 0.1) is 12.0 Å². The predicted molar refractivity (Wildman–Crippen MR) is 141 cm³/mol. The predicted octanol–water partition coefficient (Wildman–Crippen LogP) is 5.26. The number of carbonyl (C=O) groups excluding carboxylic acids is 1. The second-order valence-electron chi connectivity index (χ2n) is 11.1. The molecule has 5 rings (SSSR count). The first kappa shape index (κ1) is 23.8. The van der Waals surface area contributed by atoms with Crippen molar-refractivity contribution < 1.29 is 4.79 Å². The second-order valence-corrected chi connectivity index (χ2v) is 11.1. The Morgan fingerprint density at radius 2 is 1.94 bits per heavy atom. The highest BCUT2D eigenvalue weighted by molar-refractivity contribution is 5.81. The number of carbonyl (C=O) groups is 1. The smallest absolute Gasteiger partial charge is 0.229 e. The SMILES string of the molecule is C=CCN1CCC2CCCC(C1)N2C(C1=CCC(C(=O)N2CCCC2)C=C1)C1=CC(C)=CCC1. The zero-order valence-corrected chi connectivity index (χ0v) is 21.1. The van der Waals surface area contributed by atoms with Crippen LogP contribution in [0.1, 0.15) is 64.7 Å². The summed E-state index contributed by atoms with van der Waals surface area (Å²) in [6.45, 7) is 11.5. The number of fused-ring (bicyclic) bond motifs is 2. The van der Waals surface area contributed by atoms with E-state index >= 15 is 0 Å². The first-order chi connectivity index (χ1) is 16.6. The van der Waals surface area contributed by atoms with Gasteiger partial charge in [0, 0.05) is 44.8 Å². The maximum Gasteiger partial charge on any atom is 0.229 e. The summed E-state index contributed by atoms with van der Waals surface area (Å²) in [6, 6.07) is 1.59. The fraction of sp³-hybridized carbons (Fsp3) is 0.633. The Bertz CT molecular complexity index is 891. The Hall–Kier alpha value is -1.91. The minimum atomic E-state index is 0.0242. The number of piperidine rings is 1. The van der Waals surface area contributed by atoms with Crippen molar-refractivity contribution >= 4 is 5.91 Å². The molecule has 0 aromatic carbocycles. The van der Waals surface area contributed by atoms with Gasteiger partial charge >= 0.3 is 0 Å². The third-order valence-electron chi connectivity index (χ3n) is 8.69. The summed E-state index contributed by atoms with van der Waals surface area (Å²) in [7, 11) is 0. The molecular weight excluding hydrogens is 418 g/mol. The molecule has 4 nitrogen and oxygen atoms in total. The molecule has 0 aromatic rings. The van der Waals surface area contributed by atoms with Gasteiger partial charge in [0.25, 0.3) is 0 Å². The first-order valence-corrected chi connectivity index (χ1v) is 13.8. The Kier molecular flexibility index (Phi) is 7.55. The minimum absolute atomic E-state index is 0.0242. The van der Waals surface area contributed by atoms with Crippen LogP contribution in [0.3, 0.4) is 0 Å². The summed E-state index contributed by atoms with van der Waals surface area (Å²) < 4.78 is 0. The van der Waals surface area contributed by atoms with Crippen LogP contribution >= 0.6 is 0 Å². The van der Waals surface area contributed by atoms with E-state index in [0.717, 1.165) is 58.3 Å². The van der Waals surface area contributed by atoms with Crippen LogP contribution in [0.2, 0.25) is 0 Å². The normalized spacial score (nSPS) is 31.4. The van der Waals surface area contributed by atoms with Crippen LogP contribution in [-0.4, -0.2) is 71.5 Å². The van der Waals surface area contributed by atoms with Gasteiger partial charge in [0.1, 0.15) is 0 Å². The Morgan fingerprint density at radius 3 is 2.68 bits per heavy atom. The summed E-state index contributed by atoms with van der Waals surface area (Å²) in [4.78, 5) is 20.6. The maximum atomic E-state index is 13.0. The van der Waals surface area contributed by atoms with Gasteiger partial charge in [0.2, 0.25) is 5.91 Å². The van der Waals surface area contributed by atoms with Crippen molar-refractivity contribution in [3.8, 4) is 0 Å². The molecule has 3 fully saturated rings. The van der Waals surface area contributed by atoms with E-state index in [1.54, 1.807) is 5.57 Å². The van der Waals surface area contributed by atoms with Gasteiger partial charge < -0.3 is 4.90 Å². The summed E-state index contributed by atoms with van der Waals surface area (Å²) in [5.74, 6) is 0.360. The number of rotatable bonds is 6. The largest absolute Gasteiger partial charge is 0.342 e. The van der Waals surface area contributed by atoms with Crippen LogP contribution in [0.4, 0.5) is 0 Å². The summed E-state index contributed by atoms with van der Waals surface area (Å²) in [5, 5.41) is 0. The zero-order chi connectivity index (χ0) is 23.5.